The number of fused-ring (bicyclic) bond motifs is 3. The maximum atomic E-state index is 5.50. The summed E-state index contributed by atoms with van der Waals surface area (Å²) in [6.45, 7) is 3.89. The minimum Gasteiger partial charge on any atom is -0.468 e. The van der Waals surface area contributed by atoms with Crippen molar-refractivity contribution in [1.29, 1.82) is 0 Å². The van der Waals surface area contributed by atoms with Crippen LogP contribution in [-0.4, -0.2) is 41.4 Å². The number of hydrogen-bond donors (Lipinski definition) is 0. The predicted octanol–water partition coefficient (Wildman–Crippen LogP) is 2.51. The van der Waals surface area contributed by atoms with Gasteiger partial charge in [-0.25, -0.2) is 4.98 Å². The van der Waals surface area contributed by atoms with E-state index in [-0.39, 0.29) is 0 Å². The van der Waals surface area contributed by atoms with Crippen LogP contribution >= 0.6 is 0 Å². The maximum Gasteiger partial charge on any atom is 0.208 e. The molecule has 0 radical (unpaired) electrons. The van der Waals surface area contributed by atoms with Crippen LogP contribution in [0.1, 0.15) is 5.76 Å². The number of nitrogens with zero attached hydrogens (tertiary/aromatic N) is 4. The van der Waals surface area contributed by atoms with E-state index in [4.69, 9.17) is 14.1 Å². The van der Waals surface area contributed by atoms with Gasteiger partial charge in [0.2, 0.25) is 5.95 Å². The average Bonchev–Trinajstić information content (AvgIpc) is 3.20. The Kier molecular flexibility index (Phi) is 3.77. The van der Waals surface area contributed by atoms with E-state index < -0.39 is 0 Å². The van der Waals surface area contributed by atoms with Crippen LogP contribution in [-0.2, 0) is 18.0 Å². The van der Waals surface area contributed by atoms with Crippen molar-refractivity contribution in [3.05, 3.63) is 48.4 Å². The number of methoxy groups -OCH3 is 1. The Labute approximate surface area is 134 Å². The van der Waals surface area contributed by atoms with Crippen LogP contribution in [0.25, 0.3) is 11.0 Å². The van der Waals surface area contributed by atoms with Crippen LogP contribution in [0.5, 0.6) is 0 Å². The monoisotopic (exact) mass is 312 g/mol. The van der Waals surface area contributed by atoms with Gasteiger partial charge in [-0.1, -0.05) is 12.1 Å². The van der Waals surface area contributed by atoms with Crippen LogP contribution in [0.2, 0.25) is 0 Å². The largest absolute Gasteiger partial charge is 0.468 e. The first kappa shape index (κ1) is 14.3. The van der Waals surface area contributed by atoms with E-state index in [1.165, 1.54) is 0 Å². The molecule has 1 aromatic carbocycles. The Hall–Kier alpha value is -2.31. The zero-order valence-electron chi connectivity index (χ0n) is 13.2. The second-order valence-electron chi connectivity index (χ2n) is 5.78. The van der Waals surface area contributed by atoms with Crippen molar-refractivity contribution in [2.75, 3.05) is 31.8 Å². The highest BCUT2D eigenvalue weighted by molar-refractivity contribution is 5.79. The van der Waals surface area contributed by atoms with Crippen molar-refractivity contribution in [2.45, 2.75) is 13.2 Å². The van der Waals surface area contributed by atoms with Crippen LogP contribution in [0.15, 0.2) is 47.1 Å². The quantitative estimate of drug-likeness (QED) is 0.724. The van der Waals surface area contributed by atoms with Crippen LogP contribution < -0.4 is 4.90 Å². The lowest BCUT2D eigenvalue weighted by atomic mass is 10.3. The van der Waals surface area contributed by atoms with Crippen LogP contribution in [0.4, 0.5) is 5.95 Å². The SMILES string of the molecule is COCCN1CN(Cc2ccco2)Cn2c1nc1ccccc12. The number of para-hydroxylation sites is 2. The van der Waals surface area contributed by atoms with Gasteiger partial charge < -0.3 is 14.1 Å². The zero-order valence-corrected chi connectivity index (χ0v) is 13.2. The molecule has 6 nitrogen and oxygen atoms in total. The molecule has 120 valence electrons. The Bertz CT molecular complexity index is 781. The molecule has 0 saturated carbocycles. The lowest BCUT2D eigenvalue weighted by molar-refractivity contribution is 0.160. The van der Waals surface area contributed by atoms with Gasteiger partial charge in [0.05, 0.1) is 43.8 Å². The normalized spacial score (nSPS) is 15.3. The van der Waals surface area contributed by atoms with E-state index in [1.54, 1.807) is 13.4 Å². The van der Waals surface area contributed by atoms with E-state index in [9.17, 15) is 0 Å². The lowest BCUT2D eigenvalue weighted by Gasteiger charge is -2.36. The number of aromatic nitrogens is 2. The highest BCUT2D eigenvalue weighted by Crippen LogP contribution is 2.27. The standard InChI is InChI=1S/C17H20N4O2/c1-22-10-8-20-12-19(11-14-5-4-9-23-14)13-21-16-7-3-2-6-15(16)18-17(20)21/h2-7,9H,8,10-13H2,1H3. The molecule has 0 unspecified atom stereocenters. The van der Waals surface area contributed by atoms with E-state index in [1.807, 2.05) is 18.2 Å². The van der Waals surface area contributed by atoms with Crippen molar-refractivity contribution in [2.24, 2.45) is 0 Å². The van der Waals surface area contributed by atoms with Gasteiger partial charge >= 0.3 is 0 Å². The minimum absolute atomic E-state index is 0.678. The second-order valence-corrected chi connectivity index (χ2v) is 5.78. The minimum atomic E-state index is 0.678. The number of imidazole rings is 1. The summed E-state index contributed by atoms with van der Waals surface area (Å²) in [6, 6.07) is 12.2. The second kappa shape index (κ2) is 6.06. The number of benzene rings is 1. The van der Waals surface area contributed by atoms with Gasteiger partial charge in [0.1, 0.15) is 5.76 Å². The maximum absolute atomic E-state index is 5.50. The summed E-state index contributed by atoms with van der Waals surface area (Å²) in [4.78, 5) is 9.41. The first-order valence-electron chi connectivity index (χ1n) is 7.79. The summed E-state index contributed by atoms with van der Waals surface area (Å²) in [5, 5.41) is 0. The van der Waals surface area contributed by atoms with Crippen molar-refractivity contribution in [3.63, 3.8) is 0 Å². The Morgan fingerprint density at radius 3 is 2.91 bits per heavy atom. The fraction of sp³-hybridized carbons (Fsp3) is 0.353. The molecule has 1 aliphatic rings. The molecule has 0 bridgehead atoms. The number of ether oxygens (including phenoxy) is 1. The summed E-state index contributed by atoms with van der Waals surface area (Å²) >= 11 is 0. The molecule has 1 aliphatic heterocycles. The average molecular weight is 312 g/mol. The van der Waals surface area contributed by atoms with E-state index in [2.05, 4.69) is 32.6 Å². The smallest absolute Gasteiger partial charge is 0.208 e. The molecule has 0 fully saturated rings. The predicted molar refractivity (Wildman–Crippen MR) is 88.1 cm³/mol. The Morgan fingerprint density at radius 1 is 1.17 bits per heavy atom. The summed E-state index contributed by atoms with van der Waals surface area (Å²) in [6.07, 6.45) is 1.72. The molecular weight excluding hydrogens is 292 g/mol. The van der Waals surface area contributed by atoms with Crippen molar-refractivity contribution in [1.82, 2.24) is 14.5 Å². The Balaban J connectivity index is 1.67. The highest BCUT2D eigenvalue weighted by atomic mass is 16.5. The molecule has 0 aliphatic carbocycles. The van der Waals surface area contributed by atoms with Gasteiger partial charge in [0.25, 0.3) is 0 Å². The molecule has 0 atom stereocenters. The number of hydrogen-bond acceptors (Lipinski definition) is 5. The third-order valence-electron chi connectivity index (χ3n) is 4.15. The molecule has 0 amide bonds. The van der Waals surface area contributed by atoms with Gasteiger partial charge in [0, 0.05) is 13.7 Å². The molecule has 0 saturated heterocycles. The molecule has 3 heterocycles. The summed E-state index contributed by atoms with van der Waals surface area (Å²) < 4.78 is 13.0. The molecule has 2 aromatic heterocycles. The topological polar surface area (TPSA) is 46.7 Å². The van der Waals surface area contributed by atoms with E-state index >= 15 is 0 Å². The molecule has 0 spiro atoms. The lowest BCUT2D eigenvalue weighted by Crippen LogP contribution is -2.45. The van der Waals surface area contributed by atoms with Gasteiger partial charge in [-0.3, -0.25) is 9.47 Å². The number of anilines is 1. The molecule has 3 aromatic rings. The van der Waals surface area contributed by atoms with Gasteiger partial charge in [0.15, 0.2) is 0 Å². The zero-order chi connectivity index (χ0) is 15.6. The van der Waals surface area contributed by atoms with Crippen molar-refractivity contribution in [3.8, 4) is 0 Å². The molecular formula is C17H20N4O2. The summed E-state index contributed by atoms with van der Waals surface area (Å²) in [7, 11) is 1.73. The molecule has 0 N–H and O–H groups in total. The van der Waals surface area contributed by atoms with Crippen LogP contribution in [0, 0.1) is 0 Å². The van der Waals surface area contributed by atoms with Gasteiger partial charge in [-0.05, 0) is 24.3 Å². The fourth-order valence-electron chi connectivity index (χ4n) is 3.09. The Morgan fingerprint density at radius 2 is 2.09 bits per heavy atom. The number of furan rings is 1. The van der Waals surface area contributed by atoms with Gasteiger partial charge in [-0.2, -0.15) is 0 Å². The fourth-order valence-corrected chi connectivity index (χ4v) is 3.09. The molecule has 23 heavy (non-hydrogen) atoms. The highest BCUT2D eigenvalue weighted by Gasteiger charge is 2.26. The van der Waals surface area contributed by atoms with Gasteiger partial charge in [-0.15, -0.1) is 0 Å². The summed E-state index contributed by atoms with van der Waals surface area (Å²) in [5.74, 6) is 1.99. The van der Waals surface area contributed by atoms with Crippen LogP contribution in [0.3, 0.4) is 0 Å². The molecule has 6 heteroatoms. The number of rotatable bonds is 5. The molecule has 4 rings (SSSR count). The first-order chi connectivity index (χ1) is 11.3. The third-order valence-corrected chi connectivity index (χ3v) is 4.15. The summed E-state index contributed by atoms with van der Waals surface area (Å²) in [5.41, 5.74) is 2.19. The third kappa shape index (κ3) is 2.71. The van der Waals surface area contributed by atoms with Crippen molar-refractivity contribution >= 4 is 17.0 Å². The van der Waals surface area contributed by atoms with E-state index in [0.29, 0.717) is 6.61 Å². The first-order valence-corrected chi connectivity index (χ1v) is 7.79. The van der Waals surface area contributed by atoms with E-state index in [0.717, 1.165) is 49.2 Å². The van der Waals surface area contributed by atoms with Crippen molar-refractivity contribution < 1.29 is 9.15 Å².